The summed E-state index contributed by atoms with van der Waals surface area (Å²) in [5.74, 6) is 0.796. The van der Waals surface area contributed by atoms with Gasteiger partial charge in [-0.05, 0) is 57.7 Å². The van der Waals surface area contributed by atoms with Gasteiger partial charge in [0.05, 0.1) is 17.9 Å². The van der Waals surface area contributed by atoms with Crippen molar-refractivity contribution in [3.63, 3.8) is 0 Å². The summed E-state index contributed by atoms with van der Waals surface area (Å²) in [5, 5.41) is 12.5. The van der Waals surface area contributed by atoms with Gasteiger partial charge < -0.3 is 14.7 Å². The van der Waals surface area contributed by atoms with Crippen molar-refractivity contribution < 1.29 is 14.7 Å². The van der Waals surface area contributed by atoms with Crippen LogP contribution in [0.2, 0.25) is 0 Å². The number of hydrogen-bond donors (Lipinski definition) is 1. The molecule has 20 heavy (non-hydrogen) atoms. The van der Waals surface area contributed by atoms with Crippen LogP contribution in [0.1, 0.15) is 44.7 Å². The van der Waals surface area contributed by atoms with Crippen LogP contribution in [0, 0.1) is 0 Å². The van der Waals surface area contributed by atoms with Gasteiger partial charge in [-0.2, -0.15) is 0 Å². The second-order valence-electron chi connectivity index (χ2n) is 6.03. The van der Waals surface area contributed by atoms with Gasteiger partial charge in [-0.15, -0.1) is 0 Å². The van der Waals surface area contributed by atoms with E-state index in [0.29, 0.717) is 13.2 Å². The fraction of sp³-hybridized carbons (Fsp3) is 0.562. The maximum absolute atomic E-state index is 9.06. The van der Waals surface area contributed by atoms with Crippen LogP contribution in [0.5, 0.6) is 5.75 Å². The summed E-state index contributed by atoms with van der Waals surface area (Å²) in [6.07, 6.45) is 2.88. The molecule has 0 amide bonds. The number of ether oxygens (including phenoxy) is 2. The van der Waals surface area contributed by atoms with Crippen molar-refractivity contribution in [1.82, 2.24) is 0 Å². The predicted octanol–water partition coefficient (Wildman–Crippen LogP) is 3.40. The van der Waals surface area contributed by atoms with E-state index in [0.717, 1.165) is 36.3 Å². The van der Waals surface area contributed by atoms with Gasteiger partial charge in [0.1, 0.15) is 12.4 Å². The first kappa shape index (κ1) is 14.9. The number of nitrogens with zero attached hydrogens (tertiary/aromatic N) is 1. The smallest absolute Gasteiger partial charge is 0.120 e. The molecular weight excluding hydrogens is 254 g/mol. The molecular formula is C16H23NO3. The van der Waals surface area contributed by atoms with E-state index in [4.69, 9.17) is 14.7 Å². The van der Waals surface area contributed by atoms with E-state index >= 15 is 0 Å². The molecule has 110 valence electrons. The Morgan fingerprint density at radius 1 is 1.20 bits per heavy atom. The summed E-state index contributed by atoms with van der Waals surface area (Å²) in [5.41, 5.74) is 2.84. The third kappa shape index (κ3) is 3.97. The second kappa shape index (κ2) is 6.27. The lowest BCUT2D eigenvalue weighted by atomic mass is 9.90. The van der Waals surface area contributed by atoms with Crippen LogP contribution in [0.15, 0.2) is 23.4 Å². The van der Waals surface area contributed by atoms with Crippen LogP contribution in [0.3, 0.4) is 0 Å². The highest BCUT2D eigenvalue weighted by Crippen LogP contribution is 2.26. The molecule has 0 atom stereocenters. The molecule has 4 heteroatoms. The zero-order valence-electron chi connectivity index (χ0n) is 12.5. The molecule has 0 aliphatic heterocycles. The molecule has 0 saturated heterocycles. The van der Waals surface area contributed by atoms with E-state index in [2.05, 4.69) is 11.2 Å². The lowest BCUT2D eigenvalue weighted by Gasteiger charge is -2.20. The molecule has 0 radical (unpaired) electrons. The van der Waals surface area contributed by atoms with Gasteiger partial charge in [-0.1, -0.05) is 11.2 Å². The van der Waals surface area contributed by atoms with E-state index in [9.17, 15) is 0 Å². The number of rotatable bonds is 4. The van der Waals surface area contributed by atoms with E-state index in [1.54, 1.807) is 0 Å². The third-order valence-electron chi connectivity index (χ3n) is 3.26. The Labute approximate surface area is 120 Å². The average Bonchev–Trinajstić information content (AvgIpc) is 2.41. The molecule has 0 fully saturated rings. The van der Waals surface area contributed by atoms with Crippen LogP contribution in [-0.4, -0.2) is 29.7 Å². The number of benzene rings is 1. The molecule has 1 N–H and O–H groups in total. The zero-order valence-corrected chi connectivity index (χ0v) is 12.5. The van der Waals surface area contributed by atoms with Crippen LogP contribution in [0.4, 0.5) is 0 Å². The molecule has 1 aromatic carbocycles. The predicted molar refractivity (Wildman–Crippen MR) is 78.9 cm³/mol. The molecule has 0 saturated carbocycles. The lowest BCUT2D eigenvalue weighted by molar-refractivity contribution is -0.0163. The molecule has 1 aliphatic carbocycles. The normalized spacial score (nSPS) is 17.1. The van der Waals surface area contributed by atoms with Gasteiger partial charge in [-0.3, -0.25) is 0 Å². The minimum Gasteiger partial charge on any atom is -0.491 e. The minimum atomic E-state index is -0.143. The number of oxime groups is 1. The third-order valence-corrected chi connectivity index (χ3v) is 3.26. The molecule has 0 heterocycles. The Hall–Kier alpha value is -1.55. The quantitative estimate of drug-likeness (QED) is 0.521. The van der Waals surface area contributed by atoms with E-state index < -0.39 is 0 Å². The van der Waals surface area contributed by atoms with Crippen molar-refractivity contribution in [3.8, 4) is 5.75 Å². The average molecular weight is 277 g/mol. The summed E-state index contributed by atoms with van der Waals surface area (Å²) >= 11 is 0. The maximum Gasteiger partial charge on any atom is 0.120 e. The Morgan fingerprint density at radius 2 is 2.00 bits per heavy atom. The van der Waals surface area contributed by atoms with Crippen molar-refractivity contribution >= 4 is 5.71 Å². The van der Waals surface area contributed by atoms with Crippen molar-refractivity contribution in [2.75, 3.05) is 13.2 Å². The molecule has 0 bridgehead atoms. The molecule has 4 nitrogen and oxygen atoms in total. The number of aryl methyl sites for hydroxylation is 1. The Morgan fingerprint density at radius 3 is 2.70 bits per heavy atom. The fourth-order valence-electron chi connectivity index (χ4n) is 2.32. The summed E-state index contributed by atoms with van der Waals surface area (Å²) in [7, 11) is 0. The van der Waals surface area contributed by atoms with Gasteiger partial charge in [-0.25, -0.2) is 0 Å². The van der Waals surface area contributed by atoms with Crippen molar-refractivity contribution in [2.24, 2.45) is 5.16 Å². The summed E-state index contributed by atoms with van der Waals surface area (Å²) < 4.78 is 11.3. The largest absolute Gasteiger partial charge is 0.491 e. The monoisotopic (exact) mass is 277 g/mol. The van der Waals surface area contributed by atoms with E-state index in [-0.39, 0.29) is 5.60 Å². The van der Waals surface area contributed by atoms with Crippen LogP contribution in [0.25, 0.3) is 0 Å². The second-order valence-corrected chi connectivity index (χ2v) is 6.03. The number of fused-ring (bicyclic) bond motifs is 1. The molecule has 0 spiro atoms. The van der Waals surface area contributed by atoms with Gasteiger partial charge in [0.25, 0.3) is 0 Å². The Bertz CT molecular complexity index is 489. The first-order valence-electron chi connectivity index (χ1n) is 7.10. The summed E-state index contributed by atoms with van der Waals surface area (Å²) in [6.45, 7) is 7.14. The minimum absolute atomic E-state index is 0.143. The SMILES string of the molecule is CC(C)(C)OCCOc1ccc2c(c1)/C(=N\O)CCC2. The van der Waals surface area contributed by atoms with E-state index in [1.807, 2.05) is 32.9 Å². The van der Waals surface area contributed by atoms with Crippen molar-refractivity contribution in [3.05, 3.63) is 29.3 Å². The summed E-state index contributed by atoms with van der Waals surface area (Å²) in [6, 6.07) is 5.98. The van der Waals surface area contributed by atoms with E-state index in [1.165, 1.54) is 5.56 Å². The lowest BCUT2D eigenvalue weighted by Crippen LogP contribution is -2.22. The Kier molecular flexibility index (Phi) is 4.65. The first-order valence-corrected chi connectivity index (χ1v) is 7.10. The molecule has 2 rings (SSSR count). The molecule has 0 unspecified atom stereocenters. The zero-order chi connectivity index (χ0) is 14.6. The van der Waals surface area contributed by atoms with Crippen molar-refractivity contribution in [1.29, 1.82) is 0 Å². The maximum atomic E-state index is 9.06. The van der Waals surface area contributed by atoms with Crippen LogP contribution >= 0.6 is 0 Å². The topological polar surface area (TPSA) is 51.0 Å². The first-order chi connectivity index (χ1) is 9.49. The van der Waals surface area contributed by atoms with Gasteiger partial charge in [0, 0.05) is 5.56 Å². The highest BCUT2D eigenvalue weighted by Gasteiger charge is 2.17. The van der Waals surface area contributed by atoms with Crippen LogP contribution < -0.4 is 4.74 Å². The van der Waals surface area contributed by atoms with Gasteiger partial charge >= 0.3 is 0 Å². The summed E-state index contributed by atoms with van der Waals surface area (Å²) in [4.78, 5) is 0. The number of hydrogen-bond acceptors (Lipinski definition) is 4. The van der Waals surface area contributed by atoms with Gasteiger partial charge in [0.2, 0.25) is 0 Å². The Balaban J connectivity index is 1.97. The molecule has 1 aliphatic rings. The fourth-order valence-corrected chi connectivity index (χ4v) is 2.32. The van der Waals surface area contributed by atoms with Crippen LogP contribution in [-0.2, 0) is 11.2 Å². The molecule has 1 aromatic rings. The van der Waals surface area contributed by atoms with Crippen molar-refractivity contribution in [2.45, 2.75) is 45.6 Å². The highest BCUT2D eigenvalue weighted by molar-refractivity contribution is 6.02. The standard InChI is InChI=1S/C16H23NO3/c1-16(2,3)20-10-9-19-13-8-7-12-5-4-6-15(17-18)14(12)11-13/h7-8,11,18H,4-6,9-10H2,1-3H3/b17-15-. The molecule has 0 aromatic heterocycles. The van der Waals surface area contributed by atoms with Gasteiger partial charge in [0.15, 0.2) is 0 Å². The highest BCUT2D eigenvalue weighted by atomic mass is 16.5.